The Morgan fingerprint density at radius 1 is 1.24 bits per heavy atom. The van der Waals surface area contributed by atoms with Gasteiger partial charge in [0.15, 0.2) is 17.1 Å². The number of H-pyrrole nitrogens is 1. The third kappa shape index (κ3) is 5.00. The number of methoxy groups -OCH3 is 1. The van der Waals surface area contributed by atoms with E-state index in [0.29, 0.717) is 13.0 Å². The number of aromatic amines is 1. The molecule has 0 aliphatic carbocycles. The summed E-state index contributed by atoms with van der Waals surface area (Å²) in [6.45, 7) is 6.34. The van der Waals surface area contributed by atoms with Gasteiger partial charge in [-0.1, -0.05) is 45.4 Å². The molecule has 10 nitrogen and oxygen atoms in total. The van der Waals surface area contributed by atoms with E-state index < -0.39 is 17.2 Å². The highest BCUT2D eigenvalue weighted by Crippen LogP contribution is 2.26. The standard InChI is InChI=1S/C23H30N6O4/c1-5-6-12-27-20(24)19(21(30)25-23(27)32)28(13-15(2)3)22(31)18-17(33-4)14-29(26-18)16-10-8-7-9-11-16/h7-11,14-15H,5-6,12-13,24H2,1-4H3,(H,25,30,32). The van der Waals surface area contributed by atoms with Crippen LogP contribution >= 0.6 is 0 Å². The number of amides is 1. The van der Waals surface area contributed by atoms with Crippen molar-refractivity contribution in [3.8, 4) is 11.4 Å². The van der Waals surface area contributed by atoms with Crippen molar-refractivity contribution in [2.75, 3.05) is 24.3 Å². The summed E-state index contributed by atoms with van der Waals surface area (Å²) in [6, 6.07) is 9.28. The number of hydrogen-bond acceptors (Lipinski definition) is 6. The molecule has 0 saturated heterocycles. The SMILES string of the molecule is CCCCn1c(N)c(N(CC(C)C)C(=O)c2nn(-c3ccccc3)cc2OC)c(=O)[nH]c1=O. The third-order valence-electron chi connectivity index (χ3n) is 5.14. The van der Waals surface area contributed by atoms with Crippen LogP contribution < -0.4 is 26.6 Å². The van der Waals surface area contributed by atoms with E-state index in [1.165, 1.54) is 21.3 Å². The highest BCUT2D eigenvalue weighted by Gasteiger charge is 2.30. The third-order valence-corrected chi connectivity index (χ3v) is 5.14. The lowest BCUT2D eigenvalue weighted by Gasteiger charge is -2.25. The van der Waals surface area contributed by atoms with Crippen LogP contribution in [0, 0.1) is 5.92 Å². The van der Waals surface area contributed by atoms with Gasteiger partial charge in [-0.3, -0.25) is 24.0 Å². The number of anilines is 2. The van der Waals surface area contributed by atoms with Crippen LogP contribution in [0.4, 0.5) is 11.5 Å². The predicted octanol–water partition coefficient (Wildman–Crippen LogP) is 2.42. The zero-order valence-electron chi connectivity index (χ0n) is 19.4. The van der Waals surface area contributed by atoms with E-state index in [1.54, 1.807) is 6.20 Å². The number of carbonyl (C=O) groups excluding carboxylic acids is 1. The second-order valence-corrected chi connectivity index (χ2v) is 8.13. The van der Waals surface area contributed by atoms with Crippen LogP contribution in [0.25, 0.3) is 5.69 Å². The molecule has 176 valence electrons. The smallest absolute Gasteiger partial charge is 0.330 e. The molecule has 2 aromatic heterocycles. The molecular formula is C23H30N6O4. The number of nitrogens with two attached hydrogens (primary N) is 1. The van der Waals surface area contributed by atoms with Crippen molar-refractivity contribution in [3.05, 3.63) is 63.1 Å². The second-order valence-electron chi connectivity index (χ2n) is 8.13. The minimum Gasteiger partial charge on any atom is -0.493 e. The van der Waals surface area contributed by atoms with Gasteiger partial charge in [-0.2, -0.15) is 5.10 Å². The number of rotatable bonds is 9. The first-order chi connectivity index (χ1) is 15.8. The largest absolute Gasteiger partial charge is 0.493 e. The van der Waals surface area contributed by atoms with E-state index in [1.807, 2.05) is 51.1 Å². The molecule has 1 amide bonds. The number of nitrogen functional groups attached to an aromatic ring is 1. The molecule has 33 heavy (non-hydrogen) atoms. The summed E-state index contributed by atoms with van der Waals surface area (Å²) in [5.41, 5.74) is 5.67. The number of ether oxygens (including phenoxy) is 1. The summed E-state index contributed by atoms with van der Waals surface area (Å²) >= 11 is 0. The maximum Gasteiger partial charge on any atom is 0.330 e. The van der Waals surface area contributed by atoms with E-state index in [2.05, 4.69) is 10.1 Å². The Hall–Kier alpha value is -3.82. The van der Waals surface area contributed by atoms with Crippen molar-refractivity contribution < 1.29 is 9.53 Å². The molecule has 0 aliphatic rings. The van der Waals surface area contributed by atoms with E-state index >= 15 is 0 Å². The molecule has 3 aromatic rings. The lowest BCUT2D eigenvalue weighted by atomic mass is 10.2. The minimum atomic E-state index is -0.722. The average molecular weight is 455 g/mol. The van der Waals surface area contributed by atoms with Gasteiger partial charge >= 0.3 is 5.69 Å². The van der Waals surface area contributed by atoms with Crippen LogP contribution in [-0.4, -0.2) is 38.9 Å². The first-order valence-electron chi connectivity index (χ1n) is 10.9. The minimum absolute atomic E-state index is 0.00553. The molecule has 0 radical (unpaired) electrons. The number of unbranched alkanes of at least 4 members (excludes halogenated alkanes) is 1. The van der Waals surface area contributed by atoms with Crippen LogP contribution in [0.15, 0.2) is 46.1 Å². The lowest BCUT2D eigenvalue weighted by molar-refractivity contribution is 0.0975. The fourth-order valence-corrected chi connectivity index (χ4v) is 3.51. The maximum absolute atomic E-state index is 13.7. The van der Waals surface area contributed by atoms with Crippen molar-refractivity contribution >= 4 is 17.4 Å². The Balaban J connectivity index is 2.14. The topological polar surface area (TPSA) is 128 Å². The van der Waals surface area contributed by atoms with Gasteiger partial charge in [-0.05, 0) is 24.5 Å². The van der Waals surface area contributed by atoms with Crippen LogP contribution in [0.2, 0.25) is 0 Å². The van der Waals surface area contributed by atoms with Crippen molar-refractivity contribution in [3.63, 3.8) is 0 Å². The molecule has 0 unspecified atom stereocenters. The van der Waals surface area contributed by atoms with Gasteiger partial charge < -0.3 is 10.5 Å². The first kappa shape index (κ1) is 23.8. The summed E-state index contributed by atoms with van der Waals surface area (Å²) in [4.78, 5) is 42.5. The summed E-state index contributed by atoms with van der Waals surface area (Å²) in [5.74, 6) is -0.335. The first-order valence-corrected chi connectivity index (χ1v) is 10.9. The van der Waals surface area contributed by atoms with Gasteiger partial charge in [0, 0.05) is 13.1 Å². The number of para-hydroxylation sites is 1. The fraction of sp³-hybridized carbons (Fsp3) is 0.391. The number of nitrogens with one attached hydrogen (secondary N) is 1. The highest BCUT2D eigenvalue weighted by atomic mass is 16.5. The molecule has 2 heterocycles. The number of carbonyl (C=O) groups is 1. The molecule has 0 atom stereocenters. The Morgan fingerprint density at radius 2 is 1.94 bits per heavy atom. The zero-order chi connectivity index (χ0) is 24.1. The number of benzene rings is 1. The van der Waals surface area contributed by atoms with Gasteiger partial charge in [0.2, 0.25) is 0 Å². The van der Waals surface area contributed by atoms with Gasteiger partial charge in [-0.25, -0.2) is 9.48 Å². The Labute approximate surface area is 191 Å². The van der Waals surface area contributed by atoms with Crippen molar-refractivity contribution in [2.45, 2.75) is 40.2 Å². The molecule has 0 aliphatic heterocycles. The van der Waals surface area contributed by atoms with Gasteiger partial charge in [0.1, 0.15) is 5.82 Å². The lowest BCUT2D eigenvalue weighted by Crippen LogP contribution is -2.43. The van der Waals surface area contributed by atoms with Crippen LogP contribution in [0.3, 0.4) is 0 Å². The Kier molecular flexibility index (Phi) is 7.37. The summed E-state index contributed by atoms with van der Waals surface area (Å²) in [7, 11) is 1.45. The molecule has 1 aromatic carbocycles. The van der Waals surface area contributed by atoms with Crippen molar-refractivity contribution in [1.29, 1.82) is 0 Å². The highest BCUT2D eigenvalue weighted by molar-refractivity contribution is 6.07. The molecular weight excluding hydrogens is 424 g/mol. The van der Waals surface area contributed by atoms with E-state index in [-0.39, 0.29) is 35.4 Å². The molecule has 0 saturated carbocycles. The summed E-state index contributed by atoms with van der Waals surface area (Å²) in [6.07, 6.45) is 3.14. The molecule has 0 spiro atoms. The predicted molar refractivity (Wildman–Crippen MR) is 127 cm³/mol. The quantitative estimate of drug-likeness (QED) is 0.511. The molecule has 0 fully saturated rings. The molecule has 0 bridgehead atoms. The Morgan fingerprint density at radius 3 is 2.55 bits per heavy atom. The molecule has 3 N–H and O–H groups in total. The maximum atomic E-state index is 13.7. The van der Waals surface area contributed by atoms with Crippen LogP contribution in [-0.2, 0) is 6.54 Å². The van der Waals surface area contributed by atoms with Gasteiger partial charge in [0.05, 0.1) is 19.0 Å². The van der Waals surface area contributed by atoms with E-state index in [9.17, 15) is 14.4 Å². The fourth-order valence-electron chi connectivity index (χ4n) is 3.51. The summed E-state index contributed by atoms with van der Waals surface area (Å²) in [5, 5.41) is 4.43. The van der Waals surface area contributed by atoms with Gasteiger partial charge in [0.25, 0.3) is 11.5 Å². The Bertz CT molecular complexity index is 1230. The summed E-state index contributed by atoms with van der Waals surface area (Å²) < 4.78 is 8.24. The van der Waals surface area contributed by atoms with E-state index in [4.69, 9.17) is 10.5 Å². The van der Waals surface area contributed by atoms with E-state index in [0.717, 1.165) is 12.1 Å². The van der Waals surface area contributed by atoms with Crippen LogP contribution in [0.1, 0.15) is 44.1 Å². The number of nitrogens with zero attached hydrogens (tertiary/aromatic N) is 4. The molecule has 10 heteroatoms. The zero-order valence-corrected chi connectivity index (χ0v) is 19.4. The normalized spacial score (nSPS) is 11.1. The van der Waals surface area contributed by atoms with Crippen molar-refractivity contribution in [1.82, 2.24) is 19.3 Å². The second kappa shape index (κ2) is 10.2. The number of hydrogen-bond donors (Lipinski definition) is 2. The van der Waals surface area contributed by atoms with Gasteiger partial charge in [-0.15, -0.1) is 0 Å². The average Bonchev–Trinajstić information content (AvgIpc) is 3.22. The monoisotopic (exact) mass is 454 g/mol. The molecule has 3 rings (SSSR count). The number of aromatic nitrogens is 4. The van der Waals surface area contributed by atoms with Crippen LogP contribution in [0.5, 0.6) is 5.75 Å². The van der Waals surface area contributed by atoms with Crippen molar-refractivity contribution in [2.24, 2.45) is 5.92 Å².